The summed E-state index contributed by atoms with van der Waals surface area (Å²) < 4.78 is 0. The van der Waals surface area contributed by atoms with E-state index in [1.807, 2.05) is 30.3 Å². The number of rotatable bonds is 8. The van der Waals surface area contributed by atoms with Gasteiger partial charge in [0, 0.05) is 18.0 Å². The number of hydrogen-bond acceptors (Lipinski definition) is 5. The topological polar surface area (TPSA) is 124 Å². The van der Waals surface area contributed by atoms with Crippen molar-refractivity contribution in [3.63, 3.8) is 0 Å². The summed E-state index contributed by atoms with van der Waals surface area (Å²) in [6, 6.07) is 13.6. The molecule has 0 aliphatic rings. The molecule has 0 amide bonds. The third-order valence-electron chi connectivity index (χ3n) is 4.05. The minimum atomic E-state index is -1.85. The minimum absolute atomic E-state index is 0.0489. The van der Waals surface area contributed by atoms with Gasteiger partial charge < -0.3 is 20.6 Å². The summed E-state index contributed by atoms with van der Waals surface area (Å²) in [6.45, 7) is 1.71. The highest BCUT2D eigenvalue weighted by Gasteiger charge is 2.36. The summed E-state index contributed by atoms with van der Waals surface area (Å²) in [5, 5.41) is 31.1. The van der Waals surface area contributed by atoms with E-state index in [-0.39, 0.29) is 11.3 Å². The zero-order chi connectivity index (χ0) is 19.3. The third-order valence-corrected chi connectivity index (χ3v) is 4.05. The smallest absolute Gasteiger partial charge is 0.318 e. The van der Waals surface area contributed by atoms with Crippen molar-refractivity contribution < 1.29 is 29.7 Å². The van der Waals surface area contributed by atoms with E-state index in [0.717, 1.165) is 5.56 Å². The molecule has 0 aliphatic carbocycles. The lowest BCUT2D eigenvalue weighted by molar-refractivity contribution is -0.156. The molecule has 4 N–H and O–H groups in total. The number of phenolic OH excluding ortho intramolecular Hbond substituents is 1. The molecule has 0 radical (unpaired) electrons. The van der Waals surface area contributed by atoms with Crippen LogP contribution in [0.3, 0.4) is 0 Å². The van der Waals surface area contributed by atoms with Gasteiger partial charge in [-0.2, -0.15) is 0 Å². The zero-order valence-corrected chi connectivity index (χ0v) is 14.0. The van der Waals surface area contributed by atoms with Crippen LogP contribution < -0.4 is 5.32 Å². The molecule has 2 aromatic carbocycles. The normalized spacial score (nSPS) is 11.8. The molecule has 0 saturated carbocycles. The van der Waals surface area contributed by atoms with Gasteiger partial charge >= 0.3 is 11.9 Å². The van der Waals surface area contributed by atoms with Crippen LogP contribution in [0.25, 0.3) is 0 Å². The Morgan fingerprint density at radius 3 is 2.15 bits per heavy atom. The first kappa shape index (κ1) is 19.0. The van der Waals surface area contributed by atoms with Gasteiger partial charge in [0.1, 0.15) is 5.75 Å². The van der Waals surface area contributed by atoms with E-state index in [2.05, 4.69) is 5.32 Å². The Morgan fingerprint density at radius 2 is 1.62 bits per heavy atom. The number of carbonyl (C=O) groups excluding carboxylic acids is 1. The van der Waals surface area contributed by atoms with Crippen LogP contribution in [0.15, 0.2) is 48.5 Å². The van der Waals surface area contributed by atoms with Gasteiger partial charge in [0.2, 0.25) is 0 Å². The molecule has 0 fully saturated rings. The number of aromatic hydroxyl groups is 1. The SMILES string of the molecule is CC(C(=O)c1ccc(NCc2ccccc2)c(O)c1)C(C(=O)O)C(=O)O. The number of phenols is 1. The van der Waals surface area contributed by atoms with Crippen LogP contribution in [0.2, 0.25) is 0 Å². The van der Waals surface area contributed by atoms with Crippen molar-refractivity contribution in [2.24, 2.45) is 11.8 Å². The second-order valence-corrected chi connectivity index (χ2v) is 5.88. The monoisotopic (exact) mass is 357 g/mol. The fraction of sp³-hybridized carbons (Fsp3) is 0.211. The minimum Gasteiger partial charge on any atom is -0.506 e. The highest BCUT2D eigenvalue weighted by molar-refractivity contribution is 6.05. The average molecular weight is 357 g/mol. The van der Waals surface area contributed by atoms with Crippen molar-refractivity contribution in [3.8, 4) is 5.75 Å². The standard InChI is InChI=1S/C19H19NO6/c1-11(16(18(23)24)19(25)26)17(22)13-7-8-14(15(21)9-13)20-10-12-5-3-2-4-6-12/h2-9,11,16,20-21H,10H2,1H3,(H,23,24)(H,25,26). The Morgan fingerprint density at radius 1 is 1.00 bits per heavy atom. The molecule has 0 spiro atoms. The van der Waals surface area contributed by atoms with E-state index in [0.29, 0.717) is 12.2 Å². The quantitative estimate of drug-likeness (QED) is 0.325. The van der Waals surface area contributed by atoms with Crippen molar-refractivity contribution in [1.82, 2.24) is 0 Å². The van der Waals surface area contributed by atoms with Gasteiger partial charge in [-0.25, -0.2) is 0 Å². The lowest BCUT2D eigenvalue weighted by Crippen LogP contribution is -2.34. The molecule has 7 nitrogen and oxygen atoms in total. The van der Waals surface area contributed by atoms with Crippen molar-refractivity contribution in [2.45, 2.75) is 13.5 Å². The summed E-state index contributed by atoms with van der Waals surface area (Å²) in [7, 11) is 0. The molecule has 1 unspecified atom stereocenters. The molecule has 0 heterocycles. The maximum atomic E-state index is 12.4. The van der Waals surface area contributed by atoms with Gasteiger partial charge in [0.15, 0.2) is 11.7 Å². The average Bonchev–Trinajstić information content (AvgIpc) is 2.60. The zero-order valence-electron chi connectivity index (χ0n) is 14.0. The number of anilines is 1. The summed E-state index contributed by atoms with van der Waals surface area (Å²) >= 11 is 0. The number of carboxylic acid groups (broad SMARTS) is 2. The first-order valence-electron chi connectivity index (χ1n) is 7.92. The number of Topliss-reactive ketones (excluding diaryl/α,β-unsaturated/α-hetero) is 1. The third kappa shape index (κ3) is 4.38. The van der Waals surface area contributed by atoms with Gasteiger partial charge in [-0.15, -0.1) is 0 Å². The maximum absolute atomic E-state index is 12.4. The number of carbonyl (C=O) groups is 3. The van der Waals surface area contributed by atoms with Crippen molar-refractivity contribution in [1.29, 1.82) is 0 Å². The molecule has 0 saturated heterocycles. The van der Waals surface area contributed by atoms with Crippen molar-refractivity contribution in [3.05, 3.63) is 59.7 Å². The van der Waals surface area contributed by atoms with Crippen molar-refractivity contribution >= 4 is 23.4 Å². The first-order valence-corrected chi connectivity index (χ1v) is 7.92. The van der Waals surface area contributed by atoms with Crippen LogP contribution >= 0.6 is 0 Å². The van der Waals surface area contributed by atoms with E-state index < -0.39 is 29.6 Å². The van der Waals surface area contributed by atoms with Crippen LogP contribution in [-0.4, -0.2) is 33.0 Å². The number of carboxylic acids is 2. The molecular formula is C19H19NO6. The number of ketones is 1. The molecule has 7 heteroatoms. The molecule has 2 rings (SSSR count). The molecular weight excluding hydrogens is 338 g/mol. The van der Waals surface area contributed by atoms with Crippen LogP contribution in [0, 0.1) is 11.8 Å². The Kier molecular flexibility index (Phi) is 5.95. The second-order valence-electron chi connectivity index (χ2n) is 5.88. The molecule has 0 bridgehead atoms. The predicted octanol–water partition coefficient (Wildman–Crippen LogP) is 2.61. The fourth-order valence-electron chi connectivity index (χ4n) is 2.58. The van der Waals surface area contributed by atoms with Crippen LogP contribution in [0.5, 0.6) is 5.75 Å². The van der Waals surface area contributed by atoms with E-state index >= 15 is 0 Å². The first-order chi connectivity index (χ1) is 12.3. The molecule has 26 heavy (non-hydrogen) atoms. The molecule has 0 aromatic heterocycles. The molecule has 136 valence electrons. The molecule has 0 aliphatic heterocycles. The summed E-state index contributed by atoms with van der Waals surface area (Å²) in [5.74, 6) is -7.12. The Bertz CT molecular complexity index is 804. The molecule has 2 aromatic rings. The van der Waals surface area contributed by atoms with E-state index in [9.17, 15) is 19.5 Å². The molecule has 1 atom stereocenters. The Labute approximate surface area is 149 Å². The van der Waals surface area contributed by atoms with Gasteiger partial charge in [0.25, 0.3) is 0 Å². The Balaban J connectivity index is 2.14. The highest BCUT2D eigenvalue weighted by atomic mass is 16.4. The summed E-state index contributed by atoms with van der Waals surface area (Å²) in [6.07, 6.45) is 0. The van der Waals surface area contributed by atoms with E-state index in [1.54, 1.807) is 0 Å². The number of benzene rings is 2. The van der Waals surface area contributed by atoms with Gasteiger partial charge in [0.05, 0.1) is 5.69 Å². The van der Waals surface area contributed by atoms with Gasteiger partial charge in [-0.1, -0.05) is 37.3 Å². The lowest BCUT2D eigenvalue weighted by atomic mass is 9.87. The van der Waals surface area contributed by atoms with Crippen molar-refractivity contribution in [2.75, 3.05) is 5.32 Å². The lowest BCUT2D eigenvalue weighted by Gasteiger charge is -2.16. The highest BCUT2D eigenvalue weighted by Crippen LogP contribution is 2.27. The second kappa shape index (κ2) is 8.15. The number of hydrogen-bond donors (Lipinski definition) is 4. The summed E-state index contributed by atoms with van der Waals surface area (Å²) in [4.78, 5) is 34.5. The Hall–Kier alpha value is -3.35. The van der Waals surface area contributed by atoms with Crippen LogP contribution in [0.4, 0.5) is 5.69 Å². The predicted molar refractivity (Wildman–Crippen MR) is 94.1 cm³/mol. The van der Waals surface area contributed by atoms with Gasteiger partial charge in [-0.3, -0.25) is 14.4 Å². The van der Waals surface area contributed by atoms with Crippen LogP contribution in [0.1, 0.15) is 22.8 Å². The van der Waals surface area contributed by atoms with E-state index in [1.165, 1.54) is 25.1 Å². The summed E-state index contributed by atoms with van der Waals surface area (Å²) in [5.41, 5.74) is 1.46. The largest absolute Gasteiger partial charge is 0.506 e. The maximum Gasteiger partial charge on any atom is 0.318 e. The fourth-order valence-corrected chi connectivity index (χ4v) is 2.58. The van der Waals surface area contributed by atoms with Gasteiger partial charge in [-0.05, 0) is 23.8 Å². The number of nitrogens with one attached hydrogen (secondary N) is 1. The van der Waals surface area contributed by atoms with E-state index in [4.69, 9.17) is 10.2 Å². The van der Waals surface area contributed by atoms with Crippen LogP contribution in [-0.2, 0) is 16.1 Å². The number of aliphatic carboxylic acids is 2.